The van der Waals surface area contributed by atoms with E-state index in [1.807, 2.05) is 19.9 Å². The maximum Gasteiger partial charge on any atom is 0.237 e. The number of primary amides is 1. The van der Waals surface area contributed by atoms with Crippen LogP contribution < -0.4 is 10.6 Å². The molecule has 1 aromatic carbocycles. The summed E-state index contributed by atoms with van der Waals surface area (Å²) < 4.78 is 0. The Labute approximate surface area is 108 Å². The van der Waals surface area contributed by atoms with Crippen LogP contribution in [0.5, 0.6) is 0 Å². The molecule has 0 bridgehead atoms. The van der Waals surface area contributed by atoms with Crippen LogP contribution in [-0.4, -0.2) is 42.5 Å². The molecule has 2 rings (SSSR count). The molecular weight excluding hydrogens is 226 g/mol. The third-order valence-corrected chi connectivity index (χ3v) is 3.79. The number of carbonyl (C=O) groups is 1. The largest absolute Gasteiger partial charge is 0.369 e. The van der Waals surface area contributed by atoms with Crippen molar-refractivity contribution in [3.63, 3.8) is 0 Å². The SMILES string of the molecule is CC(C)(C(N)=O)N1CCN(c2ccccc2)CC1. The lowest BCUT2D eigenvalue weighted by atomic mass is 10.0. The number of rotatable bonds is 3. The number of hydrogen-bond donors (Lipinski definition) is 1. The first-order chi connectivity index (χ1) is 8.51. The van der Waals surface area contributed by atoms with E-state index < -0.39 is 5.54 Å². The van der Waals surface area contributed by atoms with Crippen LogP contribution in [0.1, 0.15) is 13.8 Å². The molecule has 0 spiro atoms. The first kappa shape index (κ1) is 12.9. The molecule has 98 valence electrons. The number of anilines is 1. The Balaban J connectivity index is 1.99. The minimum absolute atomic E-state index is 0.254. The molecule has 1 fully saturated rings. The predicted molar refractivity (Wildman–Crippen MR) is 73.5 cm³/mol. The van der Waals surface area contributed by atoms with Gasteiger partial charge in [0.15, 0.2) is 0 Å². The lowest BCUT2D eigenvalue weighted by molar-refractivity contribution is -0.128. The Bertz CT molecular complexity index is 408. The monoisotopic (exact) mass is 247 g/mol. The lowest BCUT2D eigenvalue weighted by Crippen LogP contribution is -2.59. The van der Waals surface area contributed by atoms with E-state index in [0.29, 0.717) is 0 Å². The number of para-hydroxylation sites is 1. The summed E-state index contributed by atoms with van der Waals surface area (Å²) in [6.45, 7) is 7.39. The molecule has 4 nitrogen and oxygen atoms in total. The predicted octanol–water partition coefficient (Wildman–Crippen LogP) is 1.07. The van der Waals surface area contributed by atoms with Gasteiger partial charge in [0.05, 0.1) is 5.54 Å². The van der Waals surface area contributed by atoms with Gasteiger partial charge in [0.25, 0.3) is 0 Å². The average molecular weight is 247 g/mol. The van der Waals surface area contributed by atoms with Gasteiger partial charge in [-0.2, -0.15) is 0 Å². The summed E-state index contributed by atoms with van der Waals surface area (Å²) in [5.41, 5.74) is 6.14. The van der Waals surface area contributed by atoms with Gasteiger partial charge < -0.3 is 10.6 Å². The maximum absolute atomic E-state index is 11.4. The van der Waals surface area contributed by atoms with Crippen LogP contribution in [0.2, 0.25) is 0 Å². The summed E-state index contributed by atoms with van der Waals surface area (Å²) in [5.74, 6) is -0.254. The van der Waals surface area contributed by atoms with Crippen molar-refractivity contribution in [3.8, 4) is 0 Å². The van der Waals surface area contributed by atoms with Crippen LogP contribution in [0.4, 0.5) is 5.69 Å². The van der Waals surface area contributed by atoms with Gasteiger partial charge in [0, 0.05) is 31.9 Å². The molecule has 1 saturated heterocycles. The fourth-order valence-corrected chi connectivity index (χ4v) is 2.32. The smallest absolute Gasteiger partial charge is 0.237 e. The van der Waals surface area contributed by atoms with Gasteiger partial charge in [-0.05, 0) is 26.0 Å². The first-order valence-electron chi connectivity index (χ1n) is 6.37. The summed E-state index contributed by atoms with van der Waals surface area (Å²) in [5, 5.41) is 0. The Hall–Kier alpha value is -1.55. The van der Waals surface area contributed by atoms with Crippen molar-refractivity contribution in [2.24, 2.45) is 5.73 Å². The van der Waals surface area contributed by atoms with Crippen LogP contribution in [0.15, 0.2) is 30.3 Å². The Morgan fingerprint density at radius 2 is 1.67 bits per heavy atom. The highest BCUT2D eigenvalue weighted by molar-refractivity contribution is 5.83. The Kier molecular flexibility index (Phi) is 3.57. The minimum Gasteiger partial charge on any atom is -0.369 e. The highest BCUT2D eigenvalue weighted by atomic mass is 16.1. The van der Waals surface area contributed by atoms with Crippen molar-refractivity contribution in [3.05, 3.63) is 30.3 Å². The van der Waals surface area contributed by atoms with E-state index in [1.165, 1.54) is 5.69 Å². The Morgan fingerprint density at radius 3 is 2.17 bits per heavy atom. The molecule has 4 heteroatoms. The van der Waals surface area contributed by atoms with Crippen molar-refractivity contribution >= 4 is 11.6 Å². The fraction of sp³-hybridized carbons (Fsp3) is 0.500. The van der Waals surface area contributed by atoms with Crippen LogP contribution in [0.3, 0.4) is 0 Å². The van der Waals surface area contributed by atoms with Gasteiger partial charge in [0.2, 0.25) is 5.91 Å². The number of nitrogens with zero attached hydrogens (tertiary/aromatic N) is 2. The van der Waals surface area contributed by atoms with Gasteiger partial charge in [-0.1, -0.05) is 18.2 Å². The van der Waals surface area contributed by atoms with Gasteiger partial charge in [-0.25, -0.2) is 0 Å². The van der Waals surface area contributed by atoms with Crippen LogP contribution in [-0.2, 0) is 4.79 Å². The van der Waals surface area contributed by atoms with E-state index in [0.717, 1.165) is 26.2 Å². The highest BCUT2D eigenvalue weighted by Gasteiger charge is 2.34. The molecule has 1 aromatic rings. The topological polar surface area (TPSA) is 49.6 Å². The van der Waals surface area contributed by atoms with E-state index in [-0.39, 0.29) is 5.91 Å². The van der Waals surface area contributed by atoms with Crippen molar-refractivity contribution in [2.45, 2.75) is 19.4 Å². The third-order valence-electron chi connectivity index (χ3n) is 3.79. The second kappa shape index (κ2) is 4.98. The van der Waals surface area contributed by atoms with Gasteiger partial charge >= 0.3 is 0 Å². The van der Waals surface area contributed by atoms with E-state index in [1.54, 1.807) is 0 Å². The van der Waals surface area contributed by atoms with Crippen LogP contribution in [0, 0.1) is 0 Å². The average Bonchev–Trinajstić information content (AvgIpc) is 2.40. The van der Waals surface area contributed by atoms with Crippen molar-refractivity contribution in [2.75, 3.05) is 31.1 Å². The van der Waals surface area contributed by atoms with Crippen molar-refractivity contribution in [1.82, 2.24) is 4.90 Å². The zero-order valence-corrected chi connectivity index (χ0v) is 11.1. The zero-order chi connectivity index (χ0) is 13.2. The van der Waals surface area contributed by atoms with Crippen molar-refractivity contribution in [1.29, 1.82) is 0 Å². The Morgan fingerprint density at radius 1 is 1.11 bits per heavy atom. The number of piperazine rings is 1. The summed E-state index contributed by atoms with van der Waals surface area (Å²) in [6, 6.07) is 10.4. The lowest BCUT2D eigenvalue weighted by Gasteiger charge is -2.43. The molecule has 0 unspecified atom stereocenters. The van der Waals surface area contributed by atoms with E-state index in [4.69, 9.17) is 5.73 Å². The van der Waals surface area contributed by atoms with Crippen LogP contribution >= 0.6 is 0 Å². The quantitative estimate of drug-likeness (QED) is 0.869. The maximum atomic E-state index is 11.4. The molecule has 1 aliphatic rings. The molecule has 18 heavy (non-hydrogen) atoms. The fourth-order valence-electron chi connectivity index (χ4n) is 2.32. The van der Waals surface area contributed by atoms with Gasteiger partial charge in [-0.3, -0.25) is 9.69 Å². The van der Waals surface area contributed by atoms with E-state index in [2.05, 4.69) is 34.1 Å². The zero-order valence-electron chi connectivity index (χ0n) is 11.1. The summed E-state index contributed by atoms with van der Waals surface area (Å²) in [6.07, 6.45) is 0. The molecule has 0 radical (unpaired) electrons. The van der Waals surface area contributed by atoms with Gasteiger partial charge in [-0.15, -0.1) is 0 Å². The van der Waals surface area contributed by atoms with Crippen molar-refractivity contribution < 1.29 is 4.79 Å². The first-order valence-corrected chi connectivity index (χ1v) is 6.37. The molecule has 1 heterocycles. The van der Waals surface area contributed by atoms with Gasteiger partial charge in [0.1, 0.15) is 0 Å². The number of nitrogens with two attached hydrogens (primary N) is 1. The number of benzene rings is 1. The molecule has 1 amide bonds. The summed E-state index contributed by atoms with van der Waals surface area (Å²) in [7, 11) is 0. The second-order valence-corrected chi connectivity index (χ2v) is 5.23. The second-order valence-electron chi connectivity index (χ2n) is 5.23. The molecule has 1 aliphatic heterocycles. The molecule has 0 atom stereocenters. The molecular formula is C14H21N3O. The number of amides is 1. The minimum atomic E-state index is -0.553. The molecule has 0 aliphatic carbocycles. The normalized spacial score (nSPS) is 17.8. The number of carbonyl (C=O) groups excluding carboxylic acids is 1. The van der Waals surface area contributed by atoms with E-state index >= 15 is 0 Å². The van der Waals surface area contributed by atoms with E-state index in [9.17, 15) is 4.79 Å². The molecule has 0 aromatic heterocycles. The summed E-state index contributed by atoms with van der Waals surface area (Å²) >= 11 is 0. The molecule has 0 saturated carbocycles. The molecule has 2 N–H and O–H groups in total. The third kappa shape index (κ3) is 2.48. The number of hydrogen-bond acceptors (Lipinski definition) is 3. The summed E-state index contributed by atoms with van der Waals surface area (Å²) in [4.78, 5) is 15.9. The standard InChI is InChI=1S/C14H21N3O/c1-14(2,13(15)18)17-10-8-16(9-11-17)12-6-4-3-5-7-12/h3-7H,8-11H2,1-2H3,(H2,15,18). The van der Waals surface area contributed by atoms with Crippen LogP contribution in [0.25, 0.3) is 0 Å². The highest BCUT2D eigenvalue weighted by Crippen LogP contribution is 2.20.